The van der Waals surface area contributed by atoms with Crippen LogP contribution in [0, 0.1) is 5.92 Å². The monoisotopic (exact) mass is 292 g/mol. The second kappa shape index (κ2) is 8.71. The van der Waals surface area contributed by atoms with E-state index in [-0.39, 0.29) is 0 Å². The van der Waals surface area contributed by atoms with E-state index in [0.717, 1.165) is 19.0 Å². The first kappa shape index (κ1) is 15.9. The fourth-order valence-corrected chi connectivity index (χ4v) is 3.26. The minimum atomic E-state index is 0.735. The zero-order valence-electron chi connectivity index (χ0n) is 12.9. The highest BCUT2D eigenvalue weighted by Gasteiger charge is 2.12. The molecule has 0 bridgehead atoms. The summed E-state index contributed by atoms with van der Waals surface area (Å²) >= 11 is 1.80. The minimum Gasteiger partial charge on any atom is -0.312 e. The van der Waals surface area contributed by atoms with E-state index in [0.29, 0.717) is 0 Å². The number of piperidine rings is 1. The van der Waals surface area contributed by atoms with E-state index in [2.05, 4.69) is 47.7 Å². The lowest BCUT2D eigenvalue weighted by molar-refractivity contribution is 0.199. The van der Waals surface area contributed by atoms with Crippen molar-refractivity contribution in [3.8, 4) is 0 Å². The number of benzene rings is 1. The molecule has 1 saturated heterocycles. The van der Waals surface area contributed by atoms with E-state index in [9.17, 15) is 0 Å². The fourth-order valence-electron chi connectivity index (χ4n) is 2.85. The van der Waals surface area contributed by atoms with E-state index in [4.69, 9.17) is 0 Å². The first-order chi connectivity index (χ1) is 9.78. The normalized spacial score (nSPS) is 18.1. The summed E-state index contributed by atoms with van der Waals surface area (Å²) in [6.07, 6.45) is 6.33. The summed E-state index contributed by atoms with van der Waals surface area (Å²) in [7, 11) is 0. The zero-order valence-corrected chi connectivity index (χ0v) is 13.7. The third kappa shape index (κ3) is 5.47. The molecule has 1 aliphatic rings. The highest BCUT2D eigenvalue weighted by Crippen LogP contribution is 2.15. The Balaban J connectivity index is 1.63. The highest BCUT2D eigenvalue weighted by atomic mass is 32.2. The molecule has 1 aromatic rings. The zero-order chi connectivity index (χ0) is 14.2. The van der Waals surface area contributed by atoms with Crippen molar-refractivity contribution >= 4 is 11.8 Å². The first-order valence-electron chi connectivity index (χ1n) is 7.84. The molecule has 1 unspecified atom stereocenters. The number of nitrogens with zero attached hydrogens (tertiary/aromatic N) is 1. The van der Waals surface area contributed by atoms with Crippen LogP contribution in [-0.2, 0) is 6.54 Å². The number of likely N-dealkylation sites (tertiary alicyclic amines) is 1. The molecule has 112 valence electrons. The largest absolute Gasteiger partial charge is 0.312 e. The molecule has 0 saturated carbocycles. The predicted octanol–water partition coefficient (Wildman–Crippen LogP) is 3.62. The van der Waals surface area contributed by atoms with Crippen molar-refractivity contribution in [2.45, 2.75) is 37.6 Å². The van der Waals surface area contributed by atoms with Gasteiger partial charge in [0.1, 0.15) is 0 Å². The number of hydrogen-bond acceptors (Lipinski definition) is 3. The van der Waals surface area contributed by atoms with Crippen molar-refractivity contribution < 1.29 is 0 Å². The fraction of sp³-hybridized carbons (Fsp3) is 0.647. The molecule has 1 aromatic carbocycles. The summed E-state index contributed by atoms with van der Waals surface area (Å²) in [5.41, 5.74) is 1.38. The standard InChI is InChI=1S/C17H28N2S/c1-15(14-19-10-4-3-5-11-19)12-18-13-16-6-8-17(20-2)9-7-16/h6-9,15,18H,3-5,10-14H2,1-2H3. The van der Waals surface area contributed by atoms with Gasteiger partial charge in [-0.15, -0.1) is 11.8 Å². The lowest BCUT2D eigenvalue weighted by Gasteiger charge is -2.29. The van der Waals surface area contributed by atoms with Crippen molar-refractivity contribution in [1.82, 2.24) is 10.2 Å². The summed E-state index contributed by atoms with van der Waals surface area (Å²) in [6.45, 7) is 8.32. The maximum atomic E-state index is 3.60. The van der Waals surface area contributed by atoms with Crippen LogP contribution in [0.1, 0.15) is 31.7 Å². The van der Waals surface area contributed by atoms with E-state index >= 15 is 0 Å². The Kier molecular flexibility index (Phi) is 6.91. The van der Waals surface area contributed by atoms with Crippen LogP contribution in [0.25, 0.3) is 0 Å². The van der Waals surface area contributed by atoms with Gasteiger partial charge in [0.25, 0.3) is 0 Å². The quantitative estimate of drug-likeness (QED) is 0.773. The molecule has 0 amide bonds. The predicted molar refractivity (Wildman–Crippen MR) is 89.4 cm³/mol. The van der Waals surface area contributed by atoms with Gasteiger partial charge in [-0.05, 0) is 62.3 Å². The molecule has 2 nitrogen and oxygen atoms in total. The van der Waals surface area contributed by atoms with Crippen LogP contribution >= 0.6 is 11.8 Å². The highest BCUT2D eigenvalue weighted by molar-refractivity contribution is 7.98. The molecule has 1 N–H and O–H groups in total. The van der Waals surface area contributed by atoms with Gasteiger partial charge in [0, 0.05) is 18.0 Å². The Morgan fingerprint density at radius 3 is 2.50 bits per heavy atom. The molecule has 1 atom stereocenters. The van der Waals surface area contributed by atoms with Gasteiger partial charge in [0.15, 0.2) is 0 Å². The van der Waals surface area contributed by atoms with Gasteiger partial charge < -0.3 is 10.2 Å². The van der Waals surface area contributed by atoms with Crippen LogP contribution in [0.3, 0.4) is 0 Å². The number of hydrogen-bond donors (Lipinski definition) is 1. The van der Waals surface area contributed by atoms with Gasteiger partial charge in [-0.1, -0.05) is 25.5 Å². The average Bonchev–Trinajstić information content (AvgIpc) is 2.49. The molecule has 0 aromatic heterocycles. The maximum absolute atomic E-state index is 3.60. The van der Waals surface area contributed by atoms with Gasteiger partial charge in [-0.2, -0.15) is 0 Å². The van der Waals surface area contributed by atoms with Crippen LogP contribution in [-0.4, -0.2) is 37.3 Å². The topological polar surface area (TPSA) is 15.3 Å². The summed E-state index contributed by atoms with van der Waals surface area (Å²) in [4.78, 5) is 3.97. The molecule has 0 aliphatic carbocycles. The van der Waals surface area contributed by atoms with Gasteiger partial charge in [-0.3, -0.25) is 0 Å². The minimum absolute atomic E-state index is 0.735. The van der Waals surface area contributed by atoms with E-state index < -0.39 is 0 Å². The van der Waals surface area contributed by atoms with Crippen molar-refractivity contribution in [1.29, 1.82) is 0 Å². The van der Waals surface area contributed by atoms with Crippen LogP contribution in [0.15, 0.2) is 29.2 Å². The average molecular weight is 292 g/mol. The third-order valence-electron chi connectivity index (χ3n) is 4.00. The summed E-state index contributed by atoms with van der Waals surface area (Å²) in [5, 5.41) is 3.60. The van der Waals surface area contributed by atoms with Crippen molar-refractivity contribution in [3.05, 3.63) is 29.8 Å². The summed E-state index contributed by atoms with van der Waals surface area (Å²) < 4.78 is 0. The smallest absolute Gasteiger partial charge is 0.0205 e. The first-order valence-corrected chi connectivity index (χ1v) is 9.06. The number of nitrogens with one attached hydrogen (secondary N) is 1. The molecule has 3 heteroatoms. The second-order valence-electron chi connectivity index (χ2n) is 5.95. The molecule has 2 rings (SSSR count). The van der Waals surface area contributed by atoms with Crippen molar-refractivity contribution in [2.75, 3.05) is 32.4 Å². The molecule has 0 radical (unpaired) electrons. The lowest BCUT2D eigenvalue weighted by Crippen LogP contribution is -2.36. The molecular formula is C17H28N2S. The number of rotatable bonds is 7. The molecule has 1 heterocycles. The van der Waals surface area contributed by atoms with Crippen molar-refractivity contribution in [2.24, 2.45) is 5.92 Å². The Hall–Kier alpha value is -0.510. The van der Waals surface area contributed by atoms with Crippen LogP contribution in [0.5, 0.6) is 0 Å². The van der Waals surface area contributed by atoms with E-state index in [1.165, 1.54) is 49.4 Å². The van der Waals surface area contributed by atoms with Crippen LogP contribution in [0.2, 0.25) is 0 Å². The van der Waals surface area contributed by atoms with Gasteiger partial charge in [0.2, 0.25) is 0 Å². The van der Waals surface area contributed by atoms with E-state index in [1.54, 1.807) is 11.8 Å². The summed E-state index contributed by atoms with van der Waals surface area (Å²) in [5.74, 6) is 0.735. The Morgan fingerprint density at radius 2 is 1.85 bits per heavy atom. The molecule has 1 aliphatic heterocycles. The van der Waals surface area contributed by atoms with E-state index in [1.807, 2.05) is 0 Å². The van der Waals surface area contributed by atoms with Crippen molar-refractivity contribution in [3.63, 3.8) is 0 Å². The molecule has 1 fully saturated rings. The SMILES string of the molecule is CSc1ccc(CNCC(C)CN2CCCCC2)cc1. The number of thioether (sulfide) groups is 1. The second-order valence-corrected chi connectivity index (χ2v) is 6.83. The van der Waals surface area contributed by atoms with Crippen LogP contribution in [0.4, 0.5) is 0 Å². The Bertz CT molecular complexity index is 371. The Labute approximate surface area is 128 Å². The maximum Gasteiger partial charge on any atom is 0.0205 e. The third-order valence-corrected chi connectivity index (χ3v) is 4.74. The van der Waals surface area contributed by atoms with Gasteiger partial charge >= 0.3 is 0 Å². The summed E-state index contributed by atoms with van der Waals surface area (Å²) in [6, 6.07) is 8.87. The molecule has 20 heavy (non-hydrogen) atoms. The van der Waals surface area contributed by atoms with Gasteiger partial charge in [0.05, 0.1) is 0 Å². The lowest BCUT2D eigenvalue weighted by atomic mass is 10.1. The van der Waals surface area contributed by atoms with Crippen LogP contribution < -0.4 is 5.32 Å². The molecule has 0 spiro atoms. The Morgan fingerprint density at radius 1 is 1.15 bits per heavy atom. The van der Waals surface area contributed by atoms with Gasteiger partial charge in [-0.25, -0.2) is 0 Å². The molecular weight excluding hydrogens is 264 g/mol.